The molecule has 4 aromatic rings. The summed E-state index contributed by atoms with van der Waals surface area (Å²) in [4.78, 5) is 3.46. The van der Waals surface area contributed by atoms with E-state index in [0.29, 0.717) is 12.6 Å². The zero-order valence-electron chi connectivity index (χ0n) is 15.3. The van der Waals surface area contributed by atoms with Gasteiger partial charge >= 0.3 is 0 Å². The summed E-state index contributed by atoms with van der Waals surface area (Å²) in [6, 6.07) is 23.6. The number of aromatic amines is 1. The van der Waals surface area contributed by atoms with Gasteiger partial charge in [0.15, 0.2) is 0 Å². The smallest absolute Gasteiger partial charge is 0.129 e. The number of hydrogen-bond acceptors (Lipinski definition) is 2. The van der Waals surface area contributed by atoms with Gasteiger partial charge in [0.05, 0.1) is 5.52 Å². The van der Waals surface area contributed by atoms with Crippen molar-refractivity contribution in [3.05, 3.63) is 77.9 Å². The van der Waals surface area contributed by atoms with E-state index in [1.807, 2.05) is 18.2 Å². The van der Waals surface area contributed by atoms with Crippen LogP contribution in [0.25, 0.3) is 21.8 Å². The molecule has 0 unspecified atom stereocenters. The van der Waals surface area contributed by atoms with Gasteiger partial charge in [-0.3, -0.25) is 0 Å². The molecule has 0 aliphatic heterocycles. The summed E-state index contributed by atoms with van der Waals surface area (Å²) in [5.41, 5.74) is 4.72. The Kier molecular flexibility index (Phi) is 4.63. The van der Waals surface area contributed by atoms with E-state index in [0.717, 1.165) is 28.7 Å². The van der Waals surface area contributed by atoms with Crippen molar-refractivity contribution in [3.63, 3.8) is 0 Å². The fourth-order valence-electron chi connectivity index (χ4n) is 3.23. The number of ether oxygens (including phenoxy) is 1. The highest BCUT2D eigenvalue weighted by atomic mass is 16.5. The molecule has 0 aliphatic carbocycles. The molecule has 132 valence electrons. The van der Waals surface area contributed by atoms with Crippen molar-refractivity contribution < 1.29 is 4.74 Å². The lowest BCUT2D eigenvalue weighted by Gasteiger charge is -2.10. The third-order valence-electron chi connectivity index (χ3n) is 4.62. The molecule has 1 heterocycles. The second-order valence-electron chi connectivity index (χ2n) is 6.99. The lowest BCUT2D eigenvalue weighted by molar-refractivity contribution is 0.310. The molecule has 0 radical (unpaired) electrons. The van der Waals surface area contributed by atoms with Crippen LogP contribution in [-0.2, 0) is 13.2 Å². The molecule has 26 heavy (non-hydrogen) atoms. The summed E-state index contributed by atoms with van der Waals surface area (Å²) in [6.07, 6.45) is 0. The largest absolute Gasteiger partial charge is 0.488 e. The van der Waals surface area contributed by atoms with Crippen molar-refractivity contribution in [2.75, 3.05) is 0 Å². The van der Waals surface area contributed by atoms with E-state index < -0.39 is 0 Å². The van der Waals surface area contributed by atoms with Crippen LogP contribution in [0.5, 0.6) is 5.75 Å². The van der Waals surface area contributed by atoms with Gasteiger partial charge in [-0.05, 0) is 29.3 Å². The number of hydrogen-bond donors (Lipinski definition) is 2. The summed E-state index contributed by atoms with van der Waals surface area (Å²) in [6.45, 7) is 5.78. The Bertz CT molecular complexity index is 1020. The minimum absolute atomic E-state index is 0.495. The number of nitrogens with one attached hydrogen (secondary N) is 2. The highest BCUT2D eigenvalue weighted by Gasteiger charge is 2.09. The predicted molar refractivity (Wildman–Crippen MR) is 109 cm³/mol. The van der Waals surface area contributed by atoms with Gasteiger partial charge in [-0.25, -0.2) is 0 Å². The minimum atomic E-state index is 0.495. The van der Waals surface area contributed by atoms with Gasteiger partial charge < -0.3 is 15.0 Å². The Hall–Kier alpha value is -2.78. The molecule has 0 amide bonds. The summed E-state index contributed by atoms with van der Waals surface area (Å²) >= 11 is 0. The zero-order valence-corrected chi connectivity index (χ0v) is 15.3. The first-order chi connectivity index (χ1) is 12.7. The molecule has 3 aromatic carbocycles. The average molecular weight is 344 g/mol. The Balaban J connectivity index is 1.53. The highest BCUT2D eigenvalue weighted by molar-refractivity contribution is 6.10. The molecule has 0 saturated heterocycles. The monoisotopic (exact) mass is 344 g/mol. The number of benzene rings is 3. The topological polar surface area (TPSA) is 37.0 Å². The van der Waals surface area contributed by atoms with Crippen LogP contribution in [0.1, 0.15) is 25.0 Å². The molecular formula is C23H24N2O. The molecular weight excluding hydrogens is 320 g/mol. The molecule has 3 nitrogen and oxygen atoms in total. The summed E-state index contributed by atoms with van der Waals surface area (Å²) in [5.74, 6) is 0.922. The molecule has 4 rings (SSSR count). The molecule has 0 aliphatic rings. The lowest BCUT2D eigenvalue weighted by Crippen LogP contribution is -2.21. The van der Waals surface area contributed by atoms with E-state index in [1.165, 1.54) is 16.5 Å². The van der Waals surface area contributed by atoms with Gasteiger partial charge in [0.25, 0.3) is 0 Å². The van der Waals surface area contributed by atoms with Gasteiger partial charge in [-0.15, -0.1) is 0 Å². The molecule has 2 N–H and O–H groups in total. The van der Waals surface area contributed by atoms with Crippen molar-refractivity contribution >= 4 is 21.8 Å². The van der Waals surface area contributed by atoms with Gasteiger partial charge in [0, 0.05) is 28.9 Å². The molecule has 0 atom stereocenters. The van der Waals surface area contributed by atoms with Crippen molar-refractivity contribution in [2.45, 2.75) is 33.0 Å². The fourth-order valence-corrected chi connectivity index (χ4v) is 3.23. The van der Waals surface area contributed by atoms with Crippen molar-refractivity contribution in [1.82, 2.24) is 10.3 Å². The lowest BCUT2D eigenvalue weighted by atomic mass is 10.1. The standard InChI is InChI=1S/C23H24N2O/c1-16(2)24-14-17-10-12-18(13-11-17)15-26-22-9-5-8-21-23(22)19-6-3-4-7-20(19)25-21/h3-13,16,24-25H,14-15H2,1-2H3. The molecule has 0 spiro atoms. The SMILES string of the molecule is CC(C)NCc1ccc(COc2cccc3[nH]c4ccccc4c23)cc1. The van der Waals surface area contributed by atoms with Crippen molar-refractivity contribution in [3.8, 4) is 5.75 Å². The first-order valence-electron chi connectivity index (χ1n) is 9.14. The first kappa shape index (κ1) is 16.7. The van der Waals surface area contributed by atoms with Crippen LogP contribution in [0.4, 0.5) is 0 Å². The third-order valence-corrected chi connectivity index (χ3v) is 4.62. The number of para-hydroxylation sites is 1. The van der Waals surface area contributed by atoms with Crippen LogP contribution in [-0.4, -0.2) is 11.0 Å². The Labute approximate surface area is 154 Å². The Morgan fingerprint density at radius 3 is 2.38 bits per heavy atom. The van der Waals surface area contributed by atoms with Crippen LogP contribution in [0.2, 0.25) is 0 Å². The maximum Gasteiger partial charge on any atom is 0.129 e. The van der Waals surface area contributed by atoms with Crippen LogP contribution in [0.15, 0.2) is 66.7 Å². The quantitative estimate of drug-likeness (QED) is 0.491. The summed E-state index contributed by atoms with van der Waals surface area (Å²) in [5, 5.41) is 5.79. The summed E-state index contributed by atoms with van der Waals surface area (Å²) in [7, 11) is 0. The minimum Gasteiger partial charge on any atom is -0.488 e. The number of H-pyrrole nitrogens is 1. The normalized spacial score (nSPS) is 11.5. The van der Waals surface area contributed by atoms with E-state index in [9.17, 15) is 0 Å². The van der Waals surface area contributed by atoms with Crippen molar-refractivity contribution in [2.24, 2.45) is 0 Å². The van der Waals surface area contributed by atoms with Gasteiger partial charge in [0.1, 0.15) is 12.4 Å². The molecule has 0 bridgehead atoms. The summed E-state index contributed by atoms with van der Waals surface area (Å²) < 4.78 is 6.17. The zero-order chi connectivity index (χ0) is 17.9. The Morgan fingerprint density at radius 2 is 1.58 bits per heavy atom. The average Bonchev–Trinajstić information content (AvgIpc) is 3.04. The number of fused-ring (bicyclic) bond motifs is 3. The Morgan fingerprint density at radius 1 is 0.846 bits per heavy atom. The third kappa shape index (κ3) is 3.44. The molecule has 0 fully saturated rings. The molecule has 0 saturated carbocycles. The molecule has 1 aromatic heterocycles. The van der Waals surface area contributed by atoms with E-state index in [4.69, 9.17) is 4.74 Å². The van der Waals surface area contributed by atoms with Gasteiger partial charge in [0.2, 0.25) is 0 Å². The van der Waals surface area contributed by atoms with E-state index in [2.05, 4.69) is 72.7 Å². The molecule has 3 heteroatoms. The van der Waals surface area contributed by atoms with Crippen LogP contribution < -0.4 is 10.1 Å². The van der Waals surface area contributed by atoms with Gasteiger partial charge in [-0.2, -0.15) is 0 Å². The second kappa shape index (κ2) is 7.22. The van der Waals surface area contributed by atoms with E-state index in [1.54, 1.807) is 0 Å². The maximum absolute atomic E-state index is 6.17. The number of rotatable bonds is 6. The van der Waals surface area contributed by atoms with Gasteiger partial charge in [-0.1, -0.05) is 62.4 Å². The first-order valence-corrected chi connectivity index (χ1v) is 9.14. The van der Waals surface area contributed by atoms with Crippen LogP contribution in [0.3, 0.4) is 0 Å². The van der Waals surface area contributed by atoms with E-state index in [-0.39, 0.29) is 0 Å². The highest BCUT2D eigenvalue weighted by Crippen LogP contribution is 2.33. The van der Waals surface area contributed by atoms with E-state index >= 15 is 0 Å². The fraction of sp³-hybridized carbons (Fsp3) is 0.217. The van der Waals surface area contributed by atoms with Crippen LogP contribution in [0, 0.1) is 0 Å². The predicted octanol–water partition coefficient (Wildman–Crippen LogP) is 5.40. The number of aromatic nitrogens is 1. The second-order valence-corrected chi connectivity index (χ2v) is 6.99. The van der Waals surface area contributed by atoms with Crippen molar-refractivity contribution in [1.29, 1.82) is 0 Å². The maximum atomic E-state index is 6.17. The van der Waals surface area contributed by atoms with Crippen LogP contribution >= 0.6 is 0 Å².